The summed E-state index contributed by atoms with van der Waals surface area (Å²) in [5.41, 5.74) is 21.2. The average molecular weight is 1010 g/mol. The third-order valence-electron chi connectivity index (χ3n) is 16.2. The van der Waals surface area contributed by atoms with Crippen LogP contribution in [0.3, 0.4) is 0 Å². The summed E-state index contributed by atoms with van der Waals surface area (Å²) in [4.78, 5) is 2.42. The van der Waals surface area contributed by atoms with Crippen LogP contribution in [0.4, 0.5) is 28.4 Å². The van der Waals surface area contributed by atoms with Crippen molar-refractivity contribution in [1.29, 1.82) is 0 Å². The van der Waals surface area contributed by atoms with Gasteiger partial charge in [-0.15, -0.1) is 11.3 Å². The lowest BCUT2D eigenvalue weighted by atomic mass is 9.62. The molecule has 1 aliphatic heterocycles. The molecule has 0 spiro atoms. The number of aromatic nitrogens is 1. The fourth-order valence-electron chi connectivity index (χ4n) is 11.7. The Morgan fingerprint density at radius 2 is 1.00 bits per heavy atom. The normalized spacial score (nSPS) is 13.3. The summed E-state index contributed by atoms with van der Waals surface area (Å²) in [5.74, 6) is 0. The van der Waals surface area contributed by atoms with Gasteiger partial charge in [-0.3, -0.25) is 0 Å². The molecule has 11 aromatic rings. The van der Waals surface area contributed by atoms with Crippen LogP contribution in [0.25, 0.3) is 70.6 Å². The number of thiophene rings is 1. The van der Waals surface area contributed by atoms with Crippen molar-refractivity contribution >= 4 is 111 Å². The highest BCUT2D eigenvalue weighted by Crippen LogP contribution is 2.50. The Labute approximate surface area is 455 Å². The minimum absolute atomic E-state index is 0.00282. The van der Waals surface area contributed by atoms with Crippen LogP contribution < -0.4 is 20.5 Å². The number of nitrogens with zero attached hydrogens (tertiary/aromatic N) is 2. The first kappa shape index (κ1) is 49.8. The molecule has 0 aliphatic carbocycles. The van der Waals surface area contributed by atoms with E-state index in [2.05, 4.69) is 270 Å². The smallest absolute Gasteiger partial charge is 0.211 e. The predicted octanol–water partition coefficient (Wildman–Crippen LogP) is 19.0. The number of fused-ring (bicyclic) bond motifs is 11. The number of para-hydroxylation sites is 1. The number of hydrogen-bond donors (Lipinski definition) is 1. The zero-order chi connectivity index (χ0) is 53.6. The molecular formula is C70H72BN3OS. The van der Waals surface area contributed by atoms with Gasteiger partial charge in [0.2, 0.25) is 7.28 Å². The van der Waals surface area contributed by atoms with Crippen LogP contribution in [0.5, 0.6) is 0 Å². The number of rotatable bonds is 6. The van der Waals surface area contributed by atoms with Gasteiger partial charge in [-0.05, 0) is 150 Å². The van der Waals surface area contributed by atoms with Crippen LogP contribution in [0, 0.1) is 0 Å². The highest BCUT2D eigenvalue weighted by molar-refractivity contribution is 7.29. The number of furan rings is 1. The molecule has 0 unspecified atom stereocenters. The van der Waals surface area contributed by atoms with Crippen molar-refractivity contribution in [3.63, 3.8) is 0 Å². The first-order valence-corrected chi connectivity index (χ1v) is 28.2. The fourth-order valence-corrected chi connectivity index (χ4v) is 12.9. The summed E-state index contributed by atoms with van der Waals surface area (Å²) in [6.45, 7) is 34.5. The second-order valence-corrected chi connectivity index (χ2v) is 28.0. The summed E-state index contributed by atoms with van der Waals surface area (Å²) < 4.78 is 12.7. The van der Waals surface area contributed by atoms with Crippen LogP contribution in [-0.2, 0) is 27.1 Å². The van der Waals surface area contributed by atoms with E-state index < -0.39 is 0 Å². The lowest BCUT2D eigenvalue weighted by Gasteiger charge is -2.29. The van der Waals surface area contributed by atoms with Crippen molar-refractivity contribution in [2.24, 2.45) is 0 Å². The molecule has 6 heteroatoms. The Bertz CT molecular complexity index is 4040. The summed E-state index contributed by atoms with van der Waals surface area (Å²) in [7, 11) is 0.789. The lowest BCUT2D eigenvalue weighted by Crippen LogP contribution is -2.35. The summed E-state index contributed by atoms with van der Waals surface area (Å²) in [6, 6.07) is 57.6. The van der Waals surface area contributed by atoms with E-state index >= 15 is 0 Å². The van der Waals surface area contributed by atoms with E-state index in [0.717, 1.165) is 63.2 Å². The summed E-state index contributed by atoms with van der Waals surface area (Å²) >= 11 is 1.95. The van der Waals surface area contributed by atoms with E-state index in [1.165, 1.54) is 81.2 Å². The van der Waals surface area contributed by atoms with E-state index in [4.69, 9.17) is 4.42 Å². The van der Waals surface area contributed by atoms with Gasteiger partial charge in [-0.2, -0.15) is 0 Å². The van der Waals surface area contributed by atoms with Gasteiger partial charge in [0, 0.05) is 60.2 Å². The highest BCUT2D eigenvalue weighted by atomic mass is 32.1. The molecule has 12 rings (SSSR count). The van der Waals surface area contributed by atoms with Crippen LogP contribution >= 0.6 is 11.3 Å². The third kappa shape index (κ3) is 8.34. The molecule has 0 bridgehead atoms. The number of benzene rings is 8. The Morgan fingerprint density at radius 3 is 1.58 bits per heavy atom. The van der Waals surface area contributed by atoms with Gasteiger partial charge in [0.1, 0.15) is 11.2 Å². The van der Waals surface area contributed by atoms with Gasteiger partial charge in [0.25, 0.3) is 0 Å². The van der Waals surface area contributed by atoms with Crippen molar-refractivity contribution in [3.05, 3.63) is 179 Å². The maximum Gasteiger partial charge on any atom is 0.211 e. The van der Waals surface area contributed by atoms with E-state index in [1.54, 1.807) is 0 Å². The second-order valence-electron chi connectivity index (χ2n) is 26.8. The molecule has 0 saturated carbocycles. The van der Waals surface area contributed by atoms with Crippen LogP contribution in [0.2, 0.25) is 0 Å². The van der Waals surface area contributed by atoms with E-state index in [-0.39, 0.29) is 27.1 Å². The van der Waals surface area contributed by atoms with E-state index in [0.29, 0.717) is 0 Å². The second kappa shape index (κ2) is 17.2. The van der Waals surface area contributed by atoms with E-state index in [1.807, 2.05) is 11.3 Å². The molecule has 4 heterocycles. The molecule has 382 valence electrons. The van der Waals surface area contributed by atoms with Crippen molar-refractivity contribution in [2.45, 2.75) is 131 Å². The standard InChI is InChI=1S/C70H72BN3OS/c1-66(2,3)41-20-28-46(29-21-41)72-54-40-49(73(47-30-22-42(23-31-47)67(4,5)6)48-32-24-43(25-33-48)68(7,8)9)34-35-50(54)58-59-51-18-16-17-19-56(51)75-64(59)60-52-38-44(69(10,11)12)26-36-55(52)74-62-53-39-45(70(13,14)15)27-37-57(53)76-65(62)71-61(58)63(60)74/h16-40,71-72H,1-15H3. The lowest BCUT2D eigenvalue weighted by molar-refractivity contribution is 0.590. The monoisotopic (exact) mass is 1010 g/mol. The average Bonchev–Trinajstić information content (AvgIpc) is 4.10. The van der Waals surface area contributed by atoms with Gasteiger partial charge in [0.05, 0.1) is 22.1 Å². The van der Waals surface area contributed by atoms with Crippen LogP contribution in [0.15, 0.2) is 156 Å². The topological polar surface area (TPSA) is 33.3 Å². The fraction of sp³-hybridized carbons (Fsp3) is 0.286. The quantitative estimate of drug-likeness (QED) is 0.169. The SMILES string of the molecule is CC(C)(C)c1ccc(Nc2cc(N(c3ccc(C(C)(C)C)cc3)c3ccc(C(C)(C)C)cc3)ccc2-c2c3c4c(c5cc(C(C)(C)C)ccc5n4-c4c(sc5ccc(C(C)(C)C)cc45)B3)c3oc4ccccc4c23)cc1. The van der Waals surface area contributed by atoms with Crippen molar-refractivity contribution < 1.29 is 4.42 Å². The summed E-state index contributed by atoms with van der Waals surface area (Å²) in [6.07, 6.45) is 0. The number of anilines is 5. The maximum atomic E-state index is 7.33. The zero-order valence-electron chi connectivity index (χ0n) is 47.4. The Kier molecular flexibility index (Phi) is 11.3. The molecule has 1 aliphatic rings. The molecule has 0 atom stereocenters. The Morgan fingerprint density at radius 1 is 0.487 bits per heavy atom. The van der Waals surface area contributed by atoms with Crippen molar-refractivity contribution in [3.8, 4) is 16.8 Å². The molecule has 1 N–H and O–H groups in total. The van der Waals surface area contributed by atoms with Crippen molar-refractivity contribution in [2.75, 3.05) is 10.2 Å². The Hall–Kier alpha value is -7.02. The number of nitrogens with one attached hydrogen (secondary N) is 1. The van der Waals surface area contributed by atoms with Gasteiger partial charge in [-0.1, -0.05) is 177 Å². The minimum atomic E-state index is -0.0506. The van der Waals surface area contributed by atoms with Gasteiger partial charge < -0.3 is 19.2 Å². The van der Waals surface area contributed by atoms with Crippen LogP contribution in [0.1, 0.15) is 132 Å². The molecule has 0 amide bonds. The van der Waals surface area contributed by atoms with Gasteiger partial charge >= 0.3 is 0 Å². The summed E-state index contributed by atoms with van der Waals surface area (Å²) in [5, 5.41) is 10.1. The molecule has 4 nitrogen and oxygen atoms in total. The molecule has 0 saturated heterocycles. The first-order valence-electron chi connectivity index (χ1n) is 27.4. The van der Waals surface area contributed by atoms with E-state index in [9.17, 15) is 0 Å². The first-order chi connectivity index (χ1) is 35.8. The van der Waals surface area contributed by atoms with Gasteiger partial charge in [0.15, 0.2) is 0 Å². The van der Waals surface area contributed by atoms with Crippen molar-refractivity contribution in [1.82, 2.24) is 4.57 Å². The third-order valence-corrected chi connectivity index (χ3v) is 17.4. The molecule has 8 aromatic carbocycles. The van der Waals surface area contributed by atoms with Gasteiger partial charge in [-0.25, -0.2) is 0 Å². The minimum Gasteiger partial charge on any atom is -0.455 e. The molecule has 76 heavy (non-hydrogen) atoms. The largest absolute Gasteiger partial charge is 0.455 e. The molecule has 0 radical (unpaired) electrons. The molecular weight excluding hydrogens is 942 g/mol. The zero-order valence-corrected chi connectivity index (χ0v) is 48.2. The van der Waals surface area contributed by atoms with Crippen LogP contribution in [-0.4, -0.2) is 11.8 Å². The molecule has 0 fully saturated rings. The highest BCUT2D eigenvalue weighted by Gasteiger charge is 2.35. The number of hydrogen-bond acceptors (Lipinski definition) is 4. The maximum absolute atomic E-state index is 7.33. The Balaban J connectivity index is 1.19. The molecule has 3 aromatic heterocycles. The predicted molar refractivity (Wildman–Crippen MR) is 333 cm³/mol.